The molecular weight excluding hydrogens is 434 g/mol. The van der Waals surface area contributed by atoms with Gasteiger partial charge in [-0.25, -0.2) is 13.8 Å². The molecule has 3 aromatic rings. The Bertz CT molecular complexity index is 1150. The highest BCUT2D eigenvalue weighted by Crippen LogP contribution is 2.49. The maximum Gasteiger partial charge on any atom is 0.320 e. The van der Waals surface area contributed by atoms with Crippen LogP contribution in [0.1, 0.15) is 36.4 Å². The monoisotopic (exact) mass is 456 g/mol. The van der Waals surface area contributed by atoms with Crippen molar-refractivity contribution in [2.24, 2.45) is 5.41 Å². The zero-order valence-electron chi connectivity index (χ0n) is 17.6. The number of nitrogens with zero attached hydrogens (tertiary/aromatic N) is 4. The Balaban J connectivity index is 1.16. The molecule has 1 saturated heterocycles. The first-order valence-corrected chi connectivity index (χ1v) is 10.7. The van der Waals surface area contributed by atoms with Crippen LogP contribution >= 0.6 is 0 Å². The number of aliphatic hydroxyl groups is 1. The molecule has 1 aliphatic heterocycles. The van der Waals surface area contributed by atoms with Gasteiger partial charge in [-0.05, 0) is 55.4 Å². The van der Waals surface area contributed by atoms with Gasteiger partial charge in [0.1, 0.15) is 5.82 Å². The molecular formula is C22H22F2N6O3. The molecule has 1 aromatic carbocycles. The Hall–Kier alpha value is -3.60. The molecule has 3 N–H and O–H groups in total. The molecule has 1 aliphatic carbocycles. The fourth-order valence-corrected chi connectivity index (χ4v) is 4.45. The lowest BCUT2D eigenvalue weighted by atomic mass is 9.61. The summed E-state index contributed by atoms with van der Waals surface area (Å²) in [5.41, 5.74) is 0.959. The number of rotatable bonds is 5. The standard InChI is InChI=1S/C22H22F2N6O3/c23-16-3-1-13(9-17(16)24)27-21-29-28-20(33-21)19(32)26-14-2-4-18(25-12-14)30-7-5-22(6-8-30)10-15(31)11-22/h1-4,9,12,15,31H,5-8,10-11H2,(H,26,32)(H,27,29). The van der Waals surface area contributed by atoms with E-state index in [2.05, 4.69) is 30.7 Å². The number of nitrogens with one attached hydrogen (secondary N) is 2. The second-order valence-corrected chi connectivity index (χ2v) is 8.57. The summed E-state index contributed by atoms with van der Waals surface area (Å²) in [4.78, 5) is 19.1. The van der Waals surface area contributed by atoms with Crippen LogP contribution in [0.3, 0.4) is 0 Å². The van der Waals surface area contributed by atoms with Crippen LogP contribution in [-0.4, -0.2) is 45.4 Å². The topological polar surface area (TPSA) is 116 Å². The summed E-state index contributed by atoms with van der Waals surface area (Å²) in [6.45, 7) is 1.78. The first-order chi connectivity index (χ1) is 15.9. The van der Waals surface area contributed by atoms with Crippen molar-refractivity contribution in [1.82, 2.24) is 15.2 Å². The fourth-order valence-electron chi connectivity index (χ4n) is 4.45. The van der Waals surface area contributed by atoms with Gasteiger partial charge in [-0.15, -0.1) is 5.10 Å². The van der Waals surface area contributed by atoms with Crippen molar-refractivity contribution in [3.05, 3.63) is 54.1 Å². The Morgan fingerprint density at radius 2 is 1.85 bits per heavy atom. The normalized spacial score (nSPS) is 17.6. The van der Waals surface area contributed by atoms with Crippen LogP contribution in [0, 0.1) is 17.0 Å². The number of carbonyl (C=O) groups is 1. The van der Waals surface area contributed by atoms with Crippen LogP contribution in [0.25, 0.3) is 0 Å². The number of halogens is 2. The molecule has 0 atom stereocenters. The molecule has 2 fully saturated rings. The largest absolute Gasteiger partial charge is 0.399 e. The average Bonchev–Trinajstić information content (AvgIpc) is 3.25. The van der Waals surface area contributed by atoms with Crippen molar-refractivity contribution in [3.8, 4) is 0 Å². The number of amides is 1. The molecule has 9 nitrogen and oxygen atoms in total. The molecule has 0 bridgehead atoms. The van der Waals surface area contributed by atoms with Gasteiger partial charge in [-0.2, -0.15) is 0 Å². The van der Waals surface area contributed by atoms with Crippen molar-refractivity contribution in [3.63, 3.8) is 0 Å². The summed E-state index contributed by atoms with van der Waals surface area (Å²) in [7, 11) is 0. The van der Waals surface area contributed by atoms with Gasteiger partial charge in [0.05, 0.1) is 18.0 Å². The Labute approximate surface area is 187 Å². The molecule has 172 valence electrons. The number of hydrogen-bond donors (Lipinski definition) is 3. The summed E-state index contributed by atoms with van der Waals surface area (Å²) in [6.07, 6.45) is 5.29. The molecule has 0 unspecified atom stereocenters. The SMILES string of the molecule is O=C(Nc1ccc(N2CCC3(CC2)CC(O)C3)nc1)c1nnc(Nc2ccc(F)c(F)c2)o1. The number of hydrogen-bond acceptors (Lipinski definition) is 8. The molecule has 33 heavy (non-hydrogen) atoms. The number of pyridine rings is 1. The molecule has 5 rings (SSSR count). The number of benzene rings is 1. The van der Waals surface area contributed by atoms with E-state index in [0.29, 0.717) is 11.1 Å². The second kappa shape index (κ2) is 8.39. The molecule has 1 amide bonds. The lowest BCUT2D eigenvalue weighted by molar-refractivity contribution is -0.0464. The summed E-state index contributed by atoms with van der Waals surface area (Å²) >= 11 is 0. The van der Waals surface area contributed by atoms with E-state index in [4.69, 9.17) is 4.42 Å². The van der Waals surface area contributed by atoms with E-state index >= 15 is 0 Å². The minimum absolute atomic E-state index is 0.138. The molecule has 2 aromatic heterocycles. The minimum Gasteiger partial charge on any atom is -0.399 e. The summed E-state index contributed by atoms with van der Waals surface area (Å²) in [6, 6.07) is 6.64. The van der Waals surface area contributed by atoms with Crippen LogP contribution in [0.4, 0.5) is 32.0 Å². The third-order valence-electron chi connectivity index (χ3n) is 6.28. The molecule has 1 saturated carbocycles. The van der Waals surface area contributed by atoms with Gasteiger partial charge < -0.3 is 25.1 Å². The molecule has 3 heterocycles. The van der Waals surface area contributed by atoms with Gasteiger partial charge in [0, 0.05) is 24.8 Å². The van der Waals surface area contributed by atoms with E-state index in [1.54, 1.807) is 12.3 Å². The molecule has 11 heteroatoms. The van der Waals surface area contributed by atoms with Crippen molar-refractivity contribution < 1.29 is 23.1 Å². The predicted octanol–water partition coefficient (Wildman–Crippen LogP) is 3.48. The van der Waals surface area contributed by atoms with Crippen molar-refractivity contribution in [2.75, 3.05) is 28.6 Å². The molecule has 1 spiro atoms. The van der Waals surface area contributed by atoms with E-state index < -0.39 is 17.5 Å². The van der Waals surface area contributed by atoms with Crippen molar-refractivity contribution in [2.45, 2.75) is 31.8 Å². The smallest absolute Gasteiger partial charge is 0.320 e. The van der Waals surface area contributed by atoms with Crippen LogP contribution in [0.5, 0.6) is 0 Å². The number of carbonyl (C=O) groups excluding carboxylic acids is 1. The van der Waals surface area contributed by atoms with E-state index in [0.717, 1.165) is 56.7 Å². The molecule has 2 aliphatic rings. The first-order valence-electron chi connectivity index (χ1n) is 10.7. The highest BCUT2D eigenvalue weighted by molar-refractivity contribution is 6.00. The number of aromatic nitrogens is 3. The van der Waals surface area contributed by atoms with Gasteiger partial charge in [0.15, 0.2) is 11.6 Å². The Morgan fingerprint density at radius 3 is 2.52 bits per heavy atom. The van der Waals surface area contributed by atoms with E-state index in [1.165, 1.54) is 6.07 Å². The summed E-state index contributed by atoms with van der Waals surface area (Å²) < 4.78 is 31.6. The molecule has 0 radical (unpaired) electrons. The quantitative estimate of drug-likeness (QED) is 0.534. The van der Waals surface area contributed by atoms with Crippen LogP contribution < -0.4 is 15.5 Å². The summed E-state index contributed by atoms with van der Waals surface area (Å²) in [5.74, 6) is -2.10. The predicted molar refractivity (Wildman–Crippen MR) is 115 cm³/mol. The fraction of sp³-hybridized carbons (Fsp3) is 0.364. The summed E-state index contributed by atoms with van der Waals surface area (Å²) in [5, 5.41) is 22.2. The average molecular weight is 456 g/mol. The third kappa shape index (κ3) is 4.49. The Kier molecular flexibility index (Phi) is 5.41. The van der Waals surface area contributed by atoms with Gasteiger partial charge >= 0.3 is 17.8 Å². The maximum atomic E-state index is 13.3. The number of piperidine rings is 1. The van der Waals surface area contributed by atoms with Crippen molar-refractivity contribution in [1.29, 1.82) is 0 Å². The lowest BCUT2D eigenvalue weighted by Gasteiger charge is -2.50. The number of aliphatic hydroxyl groups excluding tert-OH is 1. The zero-order chi connectivity index (χ0) is 23.0. The zero-order valence-corrected chi connectivity index (χ0v) is 17.6. The lowest BCUT2D eigenvalue weighted by Crippen LogP contribution is -2.49. The van der Waals surface area contributed by atoms with Gasteiger partial charge in [0.2, 0.25) is 0 Å². The van der Waals surface area contributed by atoms with Gasteiger partial charge in [-0.3, -0.25) is 4.79 Å². The van der Waals surface area contributed by atoms with Crippen LogP contribution in [-0.2, 0) is 0 Å². The minimum atomic E-state index is -1.03. The van der Waals surface area contributed by atoms with E-state index in [1.807, 2.05) is 6.07 Å². The number of anilines is 4. The highest BCUT2D eigenvalue weighted by atomic mass is 19.2. The van der Waals surface area contributed by atoms with Gasteiger partial charge in [0.25, 0.3) is 0 Å². The Morgan fingerprint density at radius 1 is 1.09 bits per heavy atom. The van der Waals surface area contributed by atoms with Crippen LogP contribution in [0.2, 0.25) is 0 Å². The third-order valence-corrected chi connectivity index (χ3v) is 6.28. The van der Waals surface area contributed by atoms with Gasteiger partial charge in [-0.1, -0.05) is 5.10 Å². The van der Waals surface area contributed by atoms with Crippen LogP contribution in [0.15, 0.2) is 40.9 Å². The highest BCUT2D eigenvalue weighted by Gasteiger charge is 2.45. The van der Waals surface area contributed by atoms with Crippen molar-refractivity contribution >= 4 is 29.1 Å². The first kappa shape index (κ1) is 21.3. The van der Waals surface area contributed by atoms with E-state index in [9.17, 15) is 18.7 Å². The maximum absolute atomic E-state index is 13.3. The second-order valence-electron chi connectivity index (χ2n) is 8.57. The van der Waals surface area contributed by atoms with E-state index in [-0.39, 0.29) is 23.7 Å².